The fourth-order valence-electron chi connectivity index (χ4n) is 4.18. The molecule has 1 nitrogen and oxygen atoms in total. The molecule has 0 aromatic carbocycles. The third kappa shape index (κ3) is 1.41. The summed E-state index contributed by atoms with van der Waals surface area (Å²) < 4.78 is 0. The Kier molecular flexibility index (Phi) is 2.31. The van der Waals surface area contributed by atoms with E-state index in [9.17, 15) is 0 Å². The summed E-state index contributed by atoms with van der Waals surface area (Å²) in [6.45, 7) is 1.29. The molecular weight excluding hydrogens is 170 g/mol. The van der Waals surface area contributed by atoms with Crippen LogP contribution in [-0.4, -0.2) is 12.6 Å². The van der Waals surface area contributed by atoms with E-state index in [1.807, 2.05) is 0 Å². The Morgan fingerprint density at radius 2 is 1.57 bits per heavy atom. The first-order valence-corrected chi connectivity index (χ1v) is 6.62. The van der Waals surface area contributed by atoms with E-state index in [2.05, 4.69) is 5.32 Å². The molecule has 4 aliphatic rings. The number of hydrogen-bond donors (Lipinski definition) is 1. The van der Waals surface area contributed by atoms with Crippen molar-refractivity contribution in [3.8, 4) is 0 Å². The summed E-state index contributed by atoms with van der Waals surface area (Å²) in [6, 6.07) is 0.887. The summed E-state index contributed by atoms with van der Waals surface area (Å²) >= 11 is 0. The van der Waals surface area contributed by atoms with Crippen molar-refractivity contribution in [2.75, 3.05) is 6.54 Å². The summed E-state index contributed by atoms with van der Waals surface area (Å²) in [7, 11) is 0. The zero-order valence-corrected chi connectivity index (χ0v) is 9.23. The largest absolute Gasteiger partial charge is 0.313 e. The van der Waals surface area contributed by atoms with Gasteiger partial charge in [0, 0.05) is 6.04 Å². The Labute approximate surface area is 87.7 Å². The first-order valence-electron chi connectivity index (χ1n) is 6.62. The number of nitrogens with one attached hydrogen (secondary N) is 1. The van der Waals surface area contributed by atoms with Gasteiger partial charge >= 0.3 is 0 Å². The van der Waals surface area contributed by atoms with Gasteiger partial charge in [-0.2, -0.15) is 0 Å². The molecule has 80 valence electrons. The lowest BCUT2D eigenvalue weighted by atomic mass is 9.56. The van der Waals surface area contributed by atoms with Gasteiger partial charge in [-0.1, -0.05) is 6.42 Å². The zero-order chi connectivity index (χ0) is 9.43. The highest BCUT2D eigenvalue weighted by atomic mass is 14.9. The van der Waals surface area contributed by atoms with Crippen LogP contribution in [0.25, 0.3) is 0 Å². The SMILES string of the molecule is C1CCC(C23CCC(CC2)CC3)NC1. The van der Waals surface area contributed by atoms with E-state index in [1.54, 1.807) is 0 Å². The average molecular weight is 193 g/mol. The Balaban J connectivity index is 1.73. The molecule has 2 bridgehead atoms. The highest BCUT2D eigenvalue weighted by molar-refractivity contribution is 4.99. The fraction of sp³-hybridized carbons (Fsp3) is 1.00. The highest BCUT2D eigenvalue weighted by Crippen LogP contribution is 2.53. The Morgan fingerprint density at radius 1 is 0.857 bits per heavy atom. The molecule has 0 spiro atoms. The van der Waals surface area contributed by atoms with Crippen LogP contribution in [0.1, 0.15) is 57.8 Å². The molecule has 4 rings (SSSR count). The second-order valence-electron chi connectivity index (χ2n) is 5.85. The maximum atomic E-state index is 3.81. The molecule has 1 aliphatic heterocycles. The van der Waals surface area contributed by atoms with Crippen molar-refractivity contribution in [1.82, 2.24) is 5.32 Å². The van der Waals surface area contributed by atoms with Crippen molar-refractivity contribution in [3.05, 3.63) is 0 Å². The maximum Gasteiger partial charge on any atom is 0.0123 e. The van der Waals surface area contributed by atoms with E-state index in [0.29, 0.717) is 0 Å². The van der Waals surface area contributed by atoms with Gasteiger partial charge in [0.05, 0.1) is 0 Å². The molecule has 0 aromatic rings. The predicted octanol–water partition coefficient (Wildman–Crippen LogP) is 3.10. The van der Waals surface area contributed by atoms with Gasteiger partial charge in [0.25, 0.3) is 0 Å². The predicted molar refractivity (Wildman–Crippen MR) is 59.3 cm³/mol. The van der Waals surface area contributed by atoms with Crippen molar-refractivity contribution in [3.63, 3.8) is 0 Å². The molecular formula is C13H23N. The molecule has 1 heteroatoms. The topological polar surface area (TPSA) is 12.0 Å². The molecule has 3 aliphatic carbocycles. The van der Waals surface area contributed by atoms with E-state index in [-0.39, 0.29) is 0 Å². The molecule has 14 heavy (non-hydrogen) atoms. The lowest BCUT2D eigenvalue weighted by Crippen LogP contribution is -2.51. The Morgan fingerprint density at radius 3 is 2.14 bits per heavy atom. The molecule has 1 atom stereocenters. The maximum absolute atomic E-state index is 3.81. The number of piperidine rings is 1. The van der Waals surface area contributed by atoms with E-state index in [0.717, 1.165) is 17.4 Å². The van der Waals surface area contributed by atoms with Gasteiger partial charge in [-0.15, -0.1) is 0 Å². The van der Waals surface area contributed by atoms with Crippen LogP contribution < -0.4 is 5.32 Å². The smallest absolute Gasteiger partial charge is 0.0123 e. The summed E-state index contributed by atoms with van der Waals surface area (Å²) in [6.07, 6.45) is 13.6. The van der Waals surface area contributed by atoms with E-state index >= 15 is 0 Å². The molecule has 3 saturated carbocycles. The minimum absolute atomic E-state index is 0.745. The van der Waals surface area contributed by atoms with Gasteiger partial charge in [0.15, 0.2) is 0 Å². The van der Waals surface area contributed by atoms with E-state index in [1.165, 1.54) is 64.3 Å². The molecule has 1 unspecified atom stereocenters. The van der Waals surface area contributed by atoms with Crippen LogP contribution >= 0.6 is 0 Å². The van der Waals surface area contributed by atoms with Crippen LogP contribution in [-0.2, 0) is 0 Å². The summed E-state index contributed by atoms with van der Waals surface area (Å²) in [4.78, 5) is 0. The van der Waals surface area contributed by atoms with Gasteiger partial charge in [-0.25, -0.2) is 0 Å². The third-order valence-electron chi connectivity index (χ3n) is 5.20. The van der Waals surface area contributed by atoms with E-state index < -0.39 is 0 Å². The van der Waals surface area contributed by atoms with Crippen LogP contribution in [0.15, 0.2) is 0 Å². The van der Waals surface area contributed by atoms with Crippen LogP contribution in [0.3, 0.4) is 0 Å². The van der Waals surface area contributed by atoms with Crippen LogP contribution in [0.2, 0.25) is 0 Å². The summed E-state index contributed by atoms with van der Waals surface area (Å²) in [5.74, 6) is 1.11. The Hall–Kier alpha value is -0.0400. The van der Waals surface area contributed by atoms with Gasteiger partial charge in [0.2, 0.25) is 0 Å². The van der Waals surface area contributed by atoms with E-state index in [4.69, 9.17) is 0 Å². The van der Waals surface area contributed by atoms with Gasteiger partial charge in [-0.3, -0.25) is 0 Å². The molecule has 1 saturated heterocycles. The molecule has 0 aromatic heterocycles. The molecule has 1 N–H and O–H groups in total. The first kappa shape index (κ1) is 9.21. The van der Waals surface area contributed by atoms with Gasteiger partial charge in [-0.05, 0) is 69.2 Å². The standard InChI is InChI=1S/C13H23N/c1-2-10-14-12(3-1)13-7-4-11(5-8-13)6-9-13/h11-12,14H,1-10H2. The minimum Gasteiger partial charge on any atom is -0.313 e. The molecule has 0 amide bonds. The molecule has 4 fully saturated rings. The quantitative estimate of drug-likeness (QED) is 0.675. The van der Waals surface area contributed by atoms with Crippen LogP contribution in [0.4, 0.5) is 0 Å². The van der Waals surface area contributed by atoms with Crippen molar-refractivity contribution < 1.29 is 0 Å². The normalized spacial score (nSPS) is 48.0. The lowest BCUT2D eigenvalue weighted by molar-refractivity contribution is 0.0179. The average Bonchev–Trinajstić information content (AvgIpc) is 2.33. The second kappa shape index (κ2) is 3.52. The molecule has 0 radical (unpaired) electrons. The third-order valence-corrected chi connectivity index (χ3v) is 5.20. The monoisotopic (exact) mass is 193 g/mol. The van der Waals surface area contributed by atoms with Gasteiger partial charge in [0.1, 0.15) is 0 Å². The summed E-state index contributed by atoms with van der Waals surface area (Å²) in [5.41, 5.74) is 0.745. The zero-order valence-electron chi connectivity index (χ0n) is 9.23. The summed E-state index contributed by atoms with van der Waals surface area (Å²) in [5, 5.41) is 3.81. The number of rotatable bonds is 1. The number of fused-ring (bicyclic) bond motifs is 3. The Bertz CT molecular complexity index is 184. The van der Waals surface area contributed by atoms with Crippen molar-refractivity contribution in [2.45, 2.75) is 63.8 Å². The van der Waals surface area contributed by atoms with Crippen molar-refractivity contribution in [1.29, 1.82) is 0 Å². The lowest BCUT2D eigenvalue weighted by Gasteiger charge is -2.52. The van der Waals surface area contributed by atoms with Crippen molar-refractivity contribution in [2.24, 2.45) is 11.3 Å². The van der Waals surface area contributed by atoms with Gasteiger partial charge < -0.3 is 5.32 Å². The van der Waals surface area contributed by atoms with Crippen LogP contribution in [0.5, 0.6) is 0 Å². The molecule has 1 heterocycles. The van der Waals surface area contributed by atoms with Crippen molar-refractivity contribution >= 4 is 0 Å². The second-order valence-corrected chi connectivity index (χ2v) is 5.85. The minimum atomic E-state index is 0.745. The number of hydrogen-bond acceptors (Lipinski definition) is 1. The fourth-order valence-corrected chi connectivity index (χ4v) is 4.18. The first-order chi connectivity index (χ1) is 6.89. The van der Waals surface area contributed by atoms with Crippen LogP contribution in [0, 0.1) is 11.3 Å². The highest BCUT2D eigenvalue weighted by Gasteiger charge is 2.45.